The smallest absolute Gasteiger partial charge is 0.211 e. The van der Waals surface area contributed by atoms with Gasteiger partial charge in [-0.3, -0.25) is 0 Å². The highest BCUT2D eigenvalue weighted by Crippen LogP contribution is 2.17. The molecule has 3 nitrogen and oxygen atoms in total. The van der Waals surface area contributed by atoms with Crippen LogP contribution in [0.2, 0.25) is 0 Å². The summed E-state index contributed by atoms with van der Waals surface area (Å²) in [5, 5.41) is 0. The predicted molar refractivity (Wildman–Crippen MR) is 56.6 cm³/mol. The zero-order valence-electron chi connectivity index (χ0n) is 8.75. The lowest BCUT2D eigenvalue weighted by Gasteiger charge is -2.08. The first-order valence-electron chi connectivity index (χ1n) is 4.74. The molecule has 0 unspecified atom stereocenters. The van der Waals surface area contributed by atoms with Crippen molar-refractivity contribution in [3.05, 3.63) is 29.6 Å². The van der Waals surface area contributed by atoms with Crippen LogP contribution in [0.15, 0.2) is 23.1 Å². The number of sulfonamides is 1. The van der Waals surface area contributed by atoms with Crippen LogP contribution in [-0.4, -0.2) is 15.0 Å². The van der Waals surface area contributed by atoms with Gasteiger partial charge >= 0.3 is 0 Å². The van der Waals surface area contributed by atoms with Crippen molar-refractivity contribution in [1.29, 1.82) is 0 Å². The summed E-state index contributed by atoms with van der Waals surface area (Å²) >= 11 is 0. The monoisotopic (exact) mass is 231 g/mol. The van der Waals surface area contributed by atoms with E-state index < -0.39 is 15.8 Å². The van der Waals surface area contributed by atoms with Crippen LogP contribution in [0.3, 0.4) is 0 Å². The average Bonchev–Trinajstić information content (AvgIpc) is 2.19. The summed E-state index contributed by atoms with van der Waals surface area (Å²) in [7, 11) is -3.57. The molecule has 0 aliphatic carbocycles. The molecule has 0 saturated heterocycles. The minimum atomic E-state index is -3.57. The van der Waals surface area contributed by atoms with E-state index >= 15 is 0 Å². The molecule has 0 radical (unpaired) electrons. The van der Waals surface area contributed by atoms with Crippen molar-refractivity contribution in [2.45, 2.75) is 25.2 Å². The molecule has 0 atom stereocenters. The SMILES string of the molecule is CCCNS(=O)(=O)c1cccc(F)c1C. The normalized spacial score (nSPS) is 11.7. The lowest BCUT2D eigenvalue weighted by molar-refractivity contribution is 0.574. The van der Waals surface area contributed by atoms with Crippen molar-refractivity contribution in [1.82, 2.24) is 4.72 Å². The van der Waals surface area contributed by atoms with E-state index in [0.717, 1.165) is 0 Å². The predicted octanol–water partition coefficient (Wildman–Crippen LogP) is 1.82. The standard InChI is InChI=1S/C10H14FNO2S/c1-3-7-12-15(13,14)10-6-4-5-9(11)8(10)2/h4-6,12H,3,7H2,1-2H3. The highest BCUT2D eigenvalue weighted by Gasteiger charge is 2.17. The number of halogens is 1. The Morgan fingerprint density at radius 1 is 1.40 bits per heavy atom. The number of benzene rings is 1. The molecule has 0 aliphatic heterocycles. The van der Waals surface area contributed by atoms with Crippen molar-refractivity contribution in [2.24, 2.45) is 0 Å². The first-order valence-corrected chi connectivity index (χ1v) is 6.22. The fraction of sp³-hybridized carbons (Fsp3) is 0.400. The Hall–Kier alpha value is -0.940. The Bertz CT molecular complexity index is 443. The summed E-state index contributed by atoms with van der Waals surface area (Å²) < 4.78 is 38.9. The minimum Gasteiger partial charge on any atom is -0.211 e. The second kappa shape index (κ2) is 4.72. The lowest BCUT2D eigenvalue weighted by Crippen LogP contribution is -2.25. The topological polar surface area (TPSA) is 46.2 Å². The third kappa shape index (κ3) is 2.76. The molecule has 0 amide bonds. The molecule has 0 saturated carbocycles. The molecule has 0 aliphatic rings. The lowest BCUT2D eigenvalue weighted by atomic mass is 10.2. The highest BCUT2D eigenvalue weighted by atomic mass is 32.2. The fourth-order valence-corrected chi connectivity index (χ4v) is 2.58. The molecule has 1 rings (SSSR count). The van der Waals surface area contributed by atoms with Crippen molar-refractivity contribution in [3.8, 4) is 0 Å². The van der Waals surface area contributed by atoms with E-state index in [2.05, 4.69) is 4.72 Å². The van der Waals surface area contributed by atoms with Gasteiger partial charge in [-0.05, 0) is 25.5 Å². The summed E-state index contributed by atoms with van der Waals surface area (Å²) in [4.78, 5) is 0.0101. The Kier molecular flexibility index (Phi) is 3.82. The molecule has 0 aromatic heterocycles. The molecule has 0 fully saturated rings. The summed E-state index contributed by atoms with van der Waals surface area (Å²) in [5.74, 6) is -0.505. The molecule has 1 N–H and O–H groups in total. The molecule has 84 valence electrons. The zero-order valence-corrected chi connectivity index (χ0v) is 9.57. The van der Waals surface area contributed by atoms with Gasteiger partial charge in [0.05, 0.1) is 4.90 Å². The van der Waals surface area contributed by atoms with E-state index in [9.17, 15) is 12.8 Å². The van der Waals surface area contributed by atoms with Gasteiger partial charge in [0, 0.05) is 12.1 Å². The van der Waals surface area contributed by atoms with Gasteiger partial charge in [0.2, 0.25) is 10.0 Å². The Morgan fingerprint density at radius 2 is 2.07 bits per heavy atom. The largest absolute Gasteiger partial charge is 0.240 e. The van der Waals surface area contributed by atoms with Gasteiger partial charge in [0.15, 0.2) is 0 Å². The van der Waals surface area contributed by atoms with E-state index in [4.69, 9.17) is 0 Å². The van der Waals surface area contributed by atoms with Crippen molar-refractivity contribution >= 4 is 10.0 Å². The molecule has 0 heterocycles. The first-order chi connectivity index (χ1) is 6.99. The fourth-order valence-electron chi connectivity index (χ4n) is 1.19. The van der Waals surface area contributed by atoms with Crippen LogP contribution >= 0.6 is 0 Å². The quantitative estimate of drug-likeness (QED) is 0.859. The van der Waals surface area contributed by atoms with Crippen LogP contribution < -0.4 is 4.72 Å². The molecule has 1 aromatic rings. The average molecular weight is 231 g/mol. The van der Waals surface area contributed by atoms with Crippen molar-refractivity contribution < 1.29 is 12.8 Å². The first kappa shape index (κ1) is 12.1. The van der Waals surface area contributed by atoms with E-state index in [1.54, 1.807) is 0 Å². The molecule has 1 aromatic carbocycles. The molecule has 0 bridgehead atoms. The van der Waals surface area contributed by atoms with E-state index in [1.165, 1.54) is 25.1 Å². The van der Waals surface area contributed by atoms with Gasteiger partial charge in [0.25, 0.3) is 0 Å². The van der Waals surface area contributed by atoms with Crippen LogP contribution in [0.25, 0.3) is 0 Å². The van der Waals surface area contributed by atoms with Gasteiger partial charge in [0.1, 0.15) is 5.82 Å². The summed E-state index contributed by atoms with van der Waals surface area (Å²) in [6.45, 7) is 3.68. The maximum Gasteiger partial charge on any atom is 0.240 e. The zero-order chi connectivity index (χ0) is 11.5. The van der Waals surface area contributed by atoms with Crippen LogP contribution in [0.5, 0.6) is 0 Å². The Labute approximate surface area is 89.4 Å². The van der Waals surface area contributed by atoms with E-state index in [-0.39, 0.29) is 10.5 Å². The summed E-state index contributed by atoms with van der Waals surface area (Å²) in [5.41, 5.74) is 0.154. The van der Waals surface area contributed by atoms with E-state index in [0.29, 0.717) is 13.0 Å². The molecule has 15 heavy (non-hydrogen) atoms. The minimum absolute atomic E-state index is 0.0101. The second-order valence-electron chi connectivity index (χ2n) is 3.26. The highest BCUT2D eigenvalue weighted by molar-refractivity contribution is 7.89. The maximum atomic E-state index is 13.1. The van der Waals surface area contributed by atoms with E-state index in [1.807, 2.05) is 6.92 Å². The maximum absolute atomic E-state index is 13.1. The van der Waals surface area contributed by atoms with Crippen LogP contribution in [-0.2, 0) is 10.0 Å². The van der Waals surface area contributed by atoms with Gasteiger partial charge < -0.3 is 0 Å². The second-order valence-corrected chi connectivity index (χ2v) is 5.00. The van der Waals surface area contributed by atoms with Crippen LogP contribution in [0.4, 0.5) is 4.39 Å². The summed E-state index contributed by atoms with van der Waals surface area (Å²) in [6, 6.07) is 4.04. The Balaban J connectivity index is 3.10. The number of hydrogen-bond acceptors (Lipinski definition) is 2. The number of nitrogens with one attached hydrogen (secondary N) is 1. The number of hydrogen-bond donors (Lipinski definition) is 1. The Morgan fingerprint density at radius 3 is 2.67 bits per heavy atom. The third-order valence-corrected chi connectivity index (χ3v) is 3.66. The third-order valence-electron chi connectivity index (χ3n) is 2.05. The van der Waals surface area contributed by atoms with Gasteiger partial charge in [-0.25, -0.2) is 17.5 Å². The van der Waals surface area contributed by atoms with Crippen LogP contribution in [0.1, 0.15) is 18.9 Å². The van der Waals surface area contributed by atoms with Gasteiger partial charge in [-0.15, -0.1) is 0 Å². The summed E-state index contributed by atoms with van der Waals surface area (Å²) in [6.07, 6.45) is 0.702. The molecule has 0 spiro atoms. The number of rotatable bonds is 4. The van der Waals surface area contributed by atoms with Gasteiger partial charge in [-0.1, -0.05) is 13.0 Å². The molecule has 5 heteroatoms. The van der Waals surface area contributed by atoms with Crippen molar-refractivity contribution in [2.75, 3.05) is 6.54 Å². The van der Waals surface area contributed by atoms with Crippen LogP contribution in [0, 0.1) is 12.7 Å². The van der Waals surface area contributed by atoms with Gasteiger partial charge in [-0.2, -0.15) is 0 Å². The van der Waals surface area contributed by atoms with Crippen molar-refractivity contribution in [3.63, 3.8) is 0 Å². The molecular weight excluding hydrogens is 217 g/mol. The molecular formula is C10H14FNO2S.